The highest BCUT2D eigenvalue weighted by Crippen LogP contribution is 2.27. The third-order valence-corrected chi connectivity index (χ3v) is 7.30. The number of carbonyl (C=O) groups is 1. The lowest BCUT2D eigenvalue weighted by Gasteiger charge is -2.32. The minimum absolute atomic E-state index is 0.0589. The lowest BCUT2D eigenvalue weighted by atomic mass is 10.1. The first-order valence-electron chi connectivity index (χ1n) is 9.09. The molecule has 1 aliphatic rings. The highest BCUT2D eigenvalue weighted by molar-refractivity contribution is 7.89. The second kappa shape index (κ2) is 8.19. The van der Waals surface area contributed by atoms with Gasteiger partial charge >= 0.3 is 0 Å². The van der Waals surface area contributed by atoms with Gasteiger partial charge in [-0.2, -0.15) is 4.31 Å². The fourth-order valence-electron chi connectivity index (χ4n) is 3.36. The van der Waals surface area contributed by atoms with Gasteiger partial charge in [0.15, 0.2) is 5.82 Å². The number of nitrogens with one attached hydrogen (secondary N) is 1. The van der Waals surface area contributed by atoms with Crippen LogP contribution in [0.1, 0.15) is 42.1 Å². The second-order valence-corrected chi connectivity index (χ2v) is 9.29. The number of carbonyl (C=O) groups excluding carboxylic acids is 1. The van der Waals surface area contributed by atoms with Crippen LogP contribution < -0.4 is 5.32 Å². The molecule has 0 spiro atoms. The van der Waals surface area contributed by atoms with E-state index in [1.165, 1.54) is 34.6 Å². The fourth-order valence-corrected chi connectivity index (χ4v) is 5.26. The zero-order valence-electron chi connectivity index (χ0n) is 15.7. The maximum Gasteiger partial charge on any atom is 0.256 e. The Bertz CT molecular complexity index is 1010. The van der Waals surface area contributed by atoms with E-state index in [1.807, 2.05) is 6.92 Å². The zero-order valence-corrected chi connectivity index (χ0v) is 17.3. The monoisotopic (exact) mass is 424 g/mol. The number of amides is 1. The molecule has 1 atom stereocenters. The van der Waals surface area contributed by atoms with E-state index in [1.54, 1.807) is 13.0 Å². The van der Waals surface area contributed by atoms with Gasteiger partial charge in [0.2, 0.25) is 10.0 Å². The Hall–Kier alpha value is -1.96. The summed E-state index contributed by atoms with van der Waals surface area (Å²) in [5.74, 6) is -1.33. The zero-order chi connectivity index (χ0) is 20.5. The van der Waals surface area contributed by atoms with Crippen LogP contribution in [0.4, 0.5) is 10.1 Å². The van der Waals surface area contributed by atoms with Crippen molar-refractivity contribution >= 4 is 33.2 Å². The van der Waals surface area contributed by atoms with Gasteiger partial charge < -0.3 is 5.32 Å². The maximum absolute atomic E-state index is 14.1. The molecule has 2 aromatic rings. The van der Waals surface area contributed by atoms with Crippen LogP contribution in [-0.4, -0.2) is 31.2 Å². The van der Waals surface area contributed by atoms with Crippen molar-refractivity contribution < 1.29 is 17.6 Å². The van der Waals surface area contributed by atoms with Gasteiger partial charge in [0.1, 0.15) is 0 Å². The van der Waals surface area contributed by atoms with E-state index in [-0.39, 0.29) is 27.2 Å². The fraction of sp³-hybridized carbons (Fsp3) is 0.350. The number of halogens is 2. The summed E-state index contributed by atoms with van der Waals surface area (Å²) >= 11 is 5.75. The number of hydrogen-bond acceptors (Lipinski definition) is 3. The van der Waals surface area contributed by atoms with E-state index in [9.17, 15) is 17.6 Å². The molecule has 1 fully saturated rings. The minimum Gasteiger partial charge on any atom is -0.319 e. The van der Waals surface area contributed by atoms with Crippen molar-refractivity contribution in [3.63, 3.8) is 0 Å². The molecule has 0 bridgehead atoms. The van der Waals surface area contributed by atoms with Crippen molar-refractivity contribution in [2.24, 2.45) is 0 Å². The average Bonchev–Trinajstić information content (AvgIpc) is 2.65. The summed E-state index contributed by atoms with van der Waals surface area (Å²) in [4.78, 5) is 12.7. The molecule has 1 saturated heterocycles. The summed E-state index contributed by atoms with van der Waals surface area (Å²) in [5.41, 5.74) is 0.700. The molecule has 0 saturated carbocycles. The van der Waals surface area contributed by atoms with E-state index in [0.717, 1.165) is 19.3 Å². The Morgan fingerprint density at radius 3 is 2.71 bits per heavy atom. The van der Waals surface area contributed by atoms with E-state index < -0.39 is 21.7 Å². The predicted octanol–water partition coefficient (Wildman–Crippen LogP) is 4.60. The number of aryl methyl sites for hydroxylation is 1. The number of hydrogen-bond donors (Lipinski definition) is 1. The molecule has 5 nitrogen and oxygen atoms in total. The molecule has 2 aromatic carbocycles. The Morgan fingerprint density at radius 2 is 2.00 bits per heavy atom. The van der Waals surface area contributed by atoms with Gasteiger partial charge in [0.05, 0.1) is 15.6 Å². The van der Waals surface area contributed by atoms with Crippen molar-refractivity contribution in [1.82, 2.24) is 4.31 Å². The molecule has 8 heteroatoms. The van der Waals surface area contributed by atoms with E-state index in [4.69, 9.17) is 11.6 Å². The molecule has 3 rings (SSSR count). The van der Waals surface area contributed by atoms with Gasteiger partial charge in [-0.25, -0.2) is 12.8 Å². The number of rotatable bonds is 4. The maximum atomic E-state index is 14.1. The smallest absolute Gasteiger partial charge is 0.256 e. The molecule has 1 amide bonds. The Kier molecular flexibility index (Phi) is 6.07. The van der Waals surface area contributed by atoms with Gasteiger partial charge in [-0.15, -0.1) is 0 Å². The van der Waals surface area contributed by atoms with Crippen molar-refractivity contribution in [3.8, 4) is 0 Å². The number of piperidine rings is 1. The van der Waals surface area contributed by atoms with Crippen LogP contribution in [0.5, 0.6) is 0 Å². The third-order valence-electron chi connectivity index (χ3n) is 5.00. The summed E-state index contributed by atoms with van der Waals surface area (Å²) < 4.78 is 41.7. The molecule has 28 heavy (non-hydrogen) atoms. The van der Waals surface area contributed by atoms with E-state index >= 15 is 0 Å². The first kappa shape index (κ1) is 20.8. The van der Waals surface area contributed by atoms with Crippen LogP contribution in [0.2, 0.25) is 5.02 Å². The average molecular weight is 425 g/mol. The number of anilines is 1. The van der Waals surface area contributed by atoms with Gasteiger partial charge in [-0.3, -0.25) is 4.79 Å². The largest absolute Gasteiger partial charge is 0.319 e. The van der Waals surface area contributed by atoms with Crippen LogP contribution in [0, 0.1) is 12.7 Å². The van der Waals surface area contributed by atoms with Crippen LogP contribution in [-0.2, 0) is 10.0 Å². The van der Waals surface area contributed by atoms with Crippen molar-refractivity contribution in [2.75, 3.05) is 11.9 Å². The van der Waals surface area contributed by atoms with Crippen molar-refractivity contribution in [1.29, 1.82) is 0 Å². The highest BCUT2D eigenvalue weighted by Gasteiger charge is 2.31. The van der Waals surface area contributed by atoms with Gasteiger partial charge in [0.25, 0.3) is 5.91 Å². The minimum atomic E-state index is -3.71. The van der Waals surface area contributed by atoms with Gasteiger partial charge in [0, 0.05) is 18.2 Å². The number of nitrogens with zero attached hydrogens (tertiary/aromatic N) is 1. The summed E-state index contributed by atoms with van der Waals surface area (Å²) in [5, 5.41) is 2.36. The van der Waals surface area contributed by atoms with E-state index in [2.05, 4.69) is 5.32 Å². The molecule has 1 N–H and O–H groups in total. The second-order valence-electron chi connectivity index (χ2n) is 6.99. The third kappa shape index (κ3) is 4.06. The Balaban J connectivity index is 1.93. The highest BCUT2D eigenvalue weighted by atomic mass is 35.5. The normalized spacial score (nSPS) is 18.1. The van der Waals surface area contributed by atoms with Crippen molar-refractivity contribution in [3.05, 3.63) is 58.4 Å². The summed E-state index contributed by atoms with van der Waals surface area (Å²) in [6.45, 7) is 4.05. The molecular formula is C20H22ClFN2O3S. The standard InChI is InChI=1S/C20H22ClFN2O3S/c1-13-9-10-15(28(26,27)24-11-4-3-6-14(24)2)12-16(13)20(25)23-18-8-5-7-17(21)19(18)22/h5,7-10,12,14H,3-4,6,11H2,1-2H3,(H,23,25). The van der Waals surface area contributed by atoms with Crippen molar-refractivity contribution in [2.45, 2.75) is 44.0 Å². The van der Waals surface area contributed by atoms with Gasteiger partial charge in [-0.05, 0) is 56.5 Å². The first-order chi connectivity index (χ1) is 13.2. The lowest BCUT2D eigenvalue weighted by molar-refractivity contribution is 0.102. The molecular weight excluding hydrogens is 403 g/mol. The predicted molar refractivity (Wildman–Crippen MR) is 108 cm³/mol. The number of sulfonamides is 1. The molecule has 0 aliphatic carbocycles. The molecule has 150 valence electrons. The van der Waals surface area contributed by atoms with Crippen LogP contribution >= 0.6 is 11.6 Å². The Morgan fingerprint density at radius 1 is 1.25 bits per heavy atom. The summed E-state index contributed by atoms with van der Waals surface area (Å²) in [6.07, 6.45) is 2.63. The van der Waals surface area contributed by atoms with Crippen LogP contribution in [0.3, 0.4) is 0 Å². The molecule has 1 aliphatic heterocycles. The lowest BCUT2D eigenvalue weighted by Crippen LogP contribution is -2.42. The van der Waals surface area contributed by atoms with E-state index in [0.29, 0.717) is 12.1 Å². The SMILES string of the molecule is Cc1ccc(S(=O)(=O)N2CCCCC2C)cc1C(=O)Nc1cccc(Cl)c1F. The summed E-state index contributed by atoms with van der Waals surface area (Å²) in [6, 6.07) is 8.65. The topological polar surface area (TPSA) is 66.5 Å². The first-order valence-corrected chi connectivity index (χ1v) is 10.9. The molecule has 1 unspecified atom stereocenters. The summed E-state index contributed by atoms with van der Waals surface area (Å²) in [7, 11) is -3.71. The molecule has 0 radical (unpaired) electrons. The van der Waals surface area contributed by atoms with Crippen LogP contribution in [0.15, 0.2) is 41.3 Å². The molecule has 0 aromatic heterocycles. The van der Waals surface area contributed by atoms with Crippen LogP contribution in [0.25, 0.3) is 0 Å². The van der Waals surface area contributed by atoms with Gasteiger partial charge in [-0.1, -0.05) is 30.2 Å². The Labute approximate surface area is 169 Å². The quantitative estimate of drug-likeness (QED) is 0.779. The number of benzene rings is 2. The molecule has 1 heterocycles.